The van der Waals surface area contributed by atoms with E-state index in [-0.39, 0.29) is 23.3 Å². The van der Waals surface area contributed by atoms with Crippen molar-refractivity contribution in [3.05, 3.63) is 64.6 Å². The van der Waals surface area contributed by atoms with Crippen LogP contribution in [0.3, 0.4) is 0 Å². The molecule has 1 aliphatic heterocycles. The van der Waals surface area contributed by atoms with Gasteiger partial charge in [-0.1, -0.05) is 53.5 Å². The first-order valence-electron chi connectivity index (χ1n) is 11.2. The Balaban J connectivity index is 1.92. The van der Waals surface area contributed by atoms with Crippen LogP contribution in [0.5, 0.6) is 0 Å². The molecule has 37 heavy (non-hydrogen) atoms. The second kappa shape index (κ2) is 8.86. The lowest BCUT2D eigenvalue weighted by Gasteiger charge is -2.20. The van der Waals surface area contributed by atoms with E-state index in [1.165, 1.54) is 20.8 Å². The highest BCUT2D eigenvalue weighted by Gasteiger charge is 2.43. The molecule has 0 radical (unpaired) electrons. The zero-order chi connectivity index (χ0) is 26.7. The molecule has 190 valence electrons. The van der Waals surface area contributed by atoms with Crippen LogP contribution in [0.25, 0.3) is 33.5 Å². The SMILES string of the molecule is CC(C)(C)S(=O)(=O)c1oc2nc(-c3ccccc3Cl)c(-c3ccc(Cl)cc3)cc2c1N1C(=O)CNC1=O. The van der Waals surface area contributed by atoms with E-state index in [1.807, 2.05) is 0 Å². The molecule has 4 aromatic rings. The third-order valence-corrected chi connectivity index (χ3v) is 8.99. The van der Waals surface area contributed by atoms with Crippen LogP contribution in [0.15, 0.2) is 64.1 Å². The average molecular weight is 558 g/mol. The summed E-state index contributed by atoms with van der Waals surface area (Å²) in [5, 5.41) is 3.07. The summed E-state index contributed by atoms with van der Waals surface area (Å²) >= 11 is 12.6. The molecule has 3 amide bonds. The number of nitrogens with one attached hydrogen (secondary N) is 1. The van der Waals surface area contributed by atoms with Gasteiger partial charge in [-0.3, -0.25) is 4.79 Å². The van der Waals surface area contributed by atoms with Crippen molar-refractivity contribution in [2.75, 3.05) is 11.4 Å². The number of hydrogen-bond donors (Lipinski definition) is 1. The van der Waals surface area contributed by atoms with Gasteiger partial charge in [-0.05, 0) is 50.6 Å². The highest BCUT2D eigenvalue weighted by molar-refractivity contribution is 7.92. The molecule has 0 spiro atoms. The van der Waals surface area contributed by atoms with Gasteiger partial charge in [0.05, 0.1) is 22.4 Å². The predicted molar refractivity (Wildman–Crippen MR) is 143 cm³/mol. The van der Waals surface area contributed by atoms with Crippen LogP contribution in [-0.4, -0.2) is 36.6 Å². The number of pyridine rings is 1. The standard InChI is InChI=1S/C26H21Cl2N3O5S/c1-26(2,3)37(34,35)24-22(31-20(32)13-29-25(31)33)18-12-17(14-8-10-15(27)11-9-14)21(30-23(18)36-24)16-6-4-5-7-19(16)28/h4-12H,13H2,1-3H3,(H,29,33). The number of rotatable bonds is 4. The van der Waals surface area contributed by atoms with Crippen molar-refractivity contribution in [1.29, 1.82) is 0 Å². The average Bonchev–Trinajstić information content (AvgIpc) is 3.37. The number of aromatic nitrogens is 1. The minimum Gasteiger partial charge on any atom is -0.424 e. The Morgan fingerprint density at radius 3 is 2.27 bits per heavy atom. The van der Waals surface area contributed by atoms with Crippen molar-refractivity contribution in [3.63, 3.8) is 0 Å². The van der Waals surface area contributed by atoms with Crippen LogP contribution in [-0.2, 0) is 14.6 Å². The molecule has 0 saturated carbocycles. The van der Waals surface area contributed by atoms with Gasteiger partial charge in [0.1, 0.15) is 5.69 Å². The minimum absolute atomic E-state index is 0.0574. The molecule has 1 N–H and O–H groups in total. The number of benzene rings is 2. The maximum atomic E-state index is 13.6. The van der Waals surface area contributed by atoms with E-state index in [4.69, 9.17) is 27.6 Å². The summed E-state index contributed by atoms with van der Waals surface area (Å²) in [6.45, 7) is 4.25. The third-order valence-electron chi connectivity index (χ3n) is 6.03. The van der Waals surface area contributed by atoms with E-state index < -0.39 is 31.6 Å². The molecule has 2 aromatic heterocycles. The van der Waals surface area contributed by atoms with Crippen LogP contribution < -0.4 is 10.2 Å². The fourth-order valence-corrected chi connectivity index (χ4v) is 5.57. The first-order chi connectivity index (χ1) is 17.4. The lowest BCUT2D eigenvalue weighted by atomic mass is 9.98. The summed E-state index contributed by atoms with van der Waals surface area (Å²) in [6, 6.07) is 15.0. The normalized spacial score (nSPS) is 14.5. The summed E-state index contributed by atoms with van der Waals surface area (Å²) in [4.78, 5) is 30.9. The van der Waals surface area contributed by atoms with Gasteiger partial charge in [-0.15, -0.1) is 0 Å². The van der Waals surface area contributed by atoms with E-state index >= 15 is 0 Å². The van der Waals surface area contributed by atoms with Crippen LogP contribution in [0.2, 0.25) is 10.0 Å². The molecule has 8 nitrogen and oxygen atoms in total. The zero-order valence-corrected chi connectivity index (χ0v) is 22.3. The molecule has 1 saturated heterocycles. The number of halogens is 2. The first kappa shape index (κ1) is 25.3. The number of carbonyl (C=O) groups excluding carboxylic acids is 2. The summed E-state index contributed by atoms with van der Waals surface area (Å²) in [6.07, 6.45) is 0. The quantitative estimate of drug-likeness (QED) is 0.303. The lowest BCUT2D eigenvalue weighted by molar-refractivity contribution is -0.115. The first-order valence-corrected chi connectivity index (χ1v) is 13.5. The Kier molecular flexibility index (Phi) is 6.05. The monoisotopic (exact) mass is 557 g/mol. The van der Waals surface area contributed by atoms with Crippen LogP contribution in [0.4, 0.5) is 10.5 Å². The molecule has 3 heterocycles. The van der Waals surface area contributed by atoms with Crippen molar-refractivity contribution in [2.24, 2.45) is 0 Å². The predicted octanol–water partition coefficient (Wildman–Crippen LogP) is 6.10. The Labute approximate surface area is 223 Å². The summed E-state index contributed by atoms with van der Waals surface area (Å²) in [5.74, 6) is -0.610. The van der Waals surface area contributed by atoms with Gasteiger partial charge in [0.25, 0.3) is 5.91 Å². The van der Waals surface area contributed by atoms with Crippen molar-refractivity contribution in [2.45, 2.75) is 30.6 Å². The maximum Gasteiger partial charge on any atom is 0.329 e. The number of furan rings is 1. The third kappa shape index (κ3) is 4.17. The van der Waals surface area contributed by atoms with Crippen molar-refractivity contribution < 1.29 is 22.4 Å². The number of nitrogens with zero attached hydrogens (tertiary/aromatic N) is 2. The number of imide groups is 1. The van der Waals surface area contributed by atoms with Crippen molar-refractivity contribution >= 4 is 61.8 Å². The number of carbonyl (C=O) groups is 2. The fourth-order valence-electron chi connectivity index (χ4n) is 4.02. The van der Waals surface area contributed by atoms with E-state index in [1.54, 1.807) is 54.6 Å². The second-order valence-corrected chi connectivity index (χ2v) is 12.9. The van der Waals surface area contributed by atoms with Crippen molar-refractivity contribution in [1.82, 2.24) is 10.3 Å². The largest absolute Gasteiger partial charge is 0.424 e. The van der Waals surface area contributed by atoms with E-state index in [0.717, 1.165) is 4.90 Å². The highest BCUT2D eigenvalue weighted by atomic mass is 35.5. The van der Waals surface area contributed by atoms with Gasteiger partial charge in [0.15, 0.2) is 0 Å². The number of anilines is 1. The minimum atomic E-state index is -4.15. The van der Waals surface area contributed by atoms with Gasteiger partial charge >= 0.3 is 6.03 Å². The van der Waals surface area contributed by atoms with Gasteiger partial charge in [-0.25, -0.2) is 23.1 Å². The van der Waals surface area contributed by atoms with E-state index in [2.05, 4.69) is 10.3 Å². The van der Waals surface area contributed by atoms with Gasteiger partial charge in [0, 0.05) is 21.2 Å². The number of fused-ring (bicyclic) bond motifs is 1. The number of sulfone groups is 1. The Bertz CT molecular complexity index is 1670. The molecule has 1 fully saturated rings. The molecule has 0 aliphatic carbocycles. The Morgan fingerprint density at radius 2 is 1.68 bits per heavy atom. The molecule has 1 aliphatic rings. The second-order valence-electron chi connectivity index (χ2n) is 9.47. The topological polar surface area (TPSA) is 110 Å². The van der Waals surface area contributed by atoms with Gasteiger partial charge in [-0.2, -0.15) is 0 Å². The van der Waals surface area contributed by atoms with Crippen LogP contribution in [0.1, 0.15) is 20.8 Å². The van der Waals surface area contributed by atoms with Crippen LogP contribution >= 0.6 is 23.2 Å². The number of amides is 3. The number of hydrogen-bond acceptors (Lipinski definition) is 6. The fraction of sp³-hybridized carbons (Fsp3) is 0.192. The van der Waals surface area contributed by atoms with Crippen molar-refractivity contribution in [3.8, 4) is 22.4 Å². The maximum absolute atomic E-state index is 13.6. The highest BCUT2D eigenvalue weighted by Crippen LogP contribution is 2.45. The molecule has 0 bridgehead atoms. The number of urea groups is 1. The lowest BCUT2D eigenvalue weighted by Crippen LogP contribution is -2.34. The molecule has 0 unspecified atom stereocenters. The Morgan fingerprint density at radius 1 is 1.00 bits per heavy atom. The molecular weight excluding hydrogens is 537 g/mol. The van der Waals surface area contributed by atoms with Crippen LogP contribution in [0, 0.1) is 0 Å². The zero-order valence-electron chi connectivity index (χ0n) is 20.0. The molecule has 0 atom stereocenters. The molecule has 5 rings (SSSR count). The summed E-state index contributed by atoms with van der Waals surface area (Å²) in [5.41, 5.74) is 2.07. The van der Waals surface area contributed by atoms with E-state index in [0.29, 0.717) is 32.4 Å². The van der Waals surface area contributed by atoms with E-state index in [9.17, 15) is 18.0 Å². The smallest absolute Gasteiger partial charge is 0.329 e. The summed E-state index contributed by atoms with van der Waals surface area (Å²) < 4.78 is 31.8. The molecule has 2 aromatic carbocycles. The van der Waals surface area contributed by atoms with Gasteiger partial charge < -0.3 is 9.73 Å². The molecular formula is C26H21Cl2N3O5S. The molecule has 11 heteroatoms. The summed E-state index contributed by atoms with van der Waals surface area (Å²) in [7, 11) is -4.15. The van der Waals surface area contributed by atoms with Gasteiger partial charge in [0.2, 0.25) is 20.6 Å². The Hall–Kier alpha value is -3.40.